The second-order valence-electron chi connectivity index (χ2n) is 5.16. The van der Waals surface area contributed by atoms with Crippen molar-refractivity contribution in [1.29, 1.82) is 0 Å². The van der Waals surface area contributed by atoms with Gasteiger partial charge in [0, 0.05) is 0 Å². The predicted octanol–water partition coefficient (Wildman–Crippen LogP) is 3.81. The van der Waals surface area contributed by atoms with Crippen LogP contribution in [0.5, 0.6) is 0 Å². The number of carbonyl (C=O) groups excluding carboxylic acids is 2. The summed E-state index contributed by atoms with van der Waals surface area (Å²) in [5.74, 6) is -1.88. The van der Waals surface area contributed by atoms with E-state index in [2.05, 4.69) is 19.9 Å². The Morgan fingerprint density at radius 1 is 0.952 bits per heavy atom. The molecule has 0 aliphatic heterocycles. The maximum absolute atomic E-state index is 11.8. The van der Waals surface area contributed by atoms with Crippen molar-refractivity contribution in [3.8, 4) is 0 Å². The zero-order valence-corrected chi connectivity index (χ0v) is 13.9. The van der Waals surface area contributed by atoms with Gasteiger partial charge in [0.05, 0.1) is 13.2 Å². The van der Waals surface area contributed by atoms with Gasteiger partial charge in [-0.1, -0.05) is 23.3 Å². The van der Waals surface area contributed by atoms with E-state index in [1.165, 1.54) is 5.57 Å². The lowest BCUT2D eigenvalue weighted by atomic mass is 10.0. The first-order valence-electron chi connectivity index (χ1n) is 7.54. The number of allylic oxidation sites excluding steroid dienone is 4. The number of hydrogen-bond donors (Lipinski definition) is 0. The lowest BCUT2D eigenvalue weighted by Crippen LogP contribution is -2.27. The van der Waals surface area contributed by atoms with Crippen molar-refractivity contribution in [2.45, 2.75) is 53.9 Å². The highest BCUT2D eigenvalue weighted by molar-refractivity contribution is 5.95. The average molecular weight is 296 g/mol. The van der Waals surface area contributed by atoms with Crippen molar-refractivity contribution in [2.75, 3.05) is 13.2 Å². The van der Waals surface area contributed by atoms with Gasteiger partial charge in [0.1, 0.15) is 0 Å². The largest absolute Gasteiger partial charge is 0.465 e. The van der Waals surface area contributed by atoms with Gasteiger partial charge in [-0.05, 0) is 53.9 Å². The van der Waals surface area contributed by atoms with Crippen LogP contribution in [0, 0.1) is 5.92 Å². The van der Waals surface area contributed by atoms with Crippen molar-refractivity contribution < 1.29 is 19.1 Å². The molecule has 0 bridgehead atoms. The number of esters is 2. The van der Waals surface area contributed by atoms with E-state index < -0.39 is 17.9 Å². The van der Waals surface area contributed by atoms with E-state index >= 15 is 0 Å². The van der Waals surface area contributed by atoms with Crippen LogP contribution in [0.25, 0.3) is 0 Å². The highest BCUT2D eigenvalue weighted by Gasteiger charge is 2.28. The monoisotopic (exact) mass is 296 g/mol. The van der Waals surface area contributed by atoms with Gasteiger partial charge in [-0.25, -0.2) is 0 Å². The molecule has 0 atom stereocenters. The summed E-state index contributed by atoms with van der Waals surface area (Å²) >= 11 is 0. The average Bonchev–Trinajstić information content (AvgIpc) is 2.39. The summed E-state index contributed by atoms with van der Waals surface area (Å²) in [4.78, 5) is 23.6. The maximum atomic E-state index is 11.8. The first kappa shape index (κ1) is 19.4. The summed E-state index contributed by atoms with van der Waals surface area (Å²) in [6.45, 7) is 10.1. The van der Waals surface area contributed by atoms with Crippen LogP contribution >= 0.6 is 0 Å². The third-order valence-electron chi connectivity index (χ3n) is 2.94. The van der Waals surface area contributed by atoms with Crippen LogP contribution in [-0.2, 0) is 19.1 Å². The van der Waals surface area contributed by atoms with Crippen LogP contribution in [0.4, 0.5) is 0 Å². The zero-order chi connectivity index (χ0) is 16.3. The highest BCUT2D eigenvalue weighted by Crippen LogP contribution is 2.14. The standard InChI is InChI=1S/C17H28O4/c1-6-20-16(18)15(17(19)21-7-2)12-11-14(5)10-8-9-13(3)4/h9,11,15H,6-8,10,12H2,1-5H3/b14-11-. The van der Waals surface area contributed by atoms with Crippen LogP contribution in [0.15, 0.2) is 23.3 Å². The molecular weight excluding hydrogens is 268 g/mol. The van der Waals surface area contributed by atoms with Crippen molar-refractivity contribution in [2.24, 2.45) is 5.92 Å². The zero-order valence-electron chi connectivity index (χ0n) is 13.9. The van der Waals surface area contributed by atoms with E-state index in [9.17, 15) is 9.59 Å². The number of rotatable bonds is 9. The molecule has 0 radical (unpaired) electrons. The fourth-order valence-electron chi connectivity index (χ4n) is 1.78. The Labute approximate surface area is 128 Å². The molecule has 0 rings (SSSR count). The second kappa shape index (κ2) is 11.1. The van der Waals surface area contributed by atoms with E-state index in [1.54, 1.807) is 13.8 Å². The predicted molar refractivity (Wildman–Crippen MR) is 83.8 cm³/mol. The first-order valence-corrected chi connectivity index (χ1v) is 7.54. The molecule has 120 valence electrons. The summed E-state index contributed by atoms with van der Waals surface area (Å²) in [7, 11) is 0. The molecule has 4 heteroatoms. The van der Waals surface area contributed by atoms with Crippen LogP contribution in [0.3, 0.4) is 0 Å². The van der Waals surface area contributed by atoms with Gasteiger partial charge in [0.25, 0.3) is 0 Å². The molecule has 0 unspecified atom stereocenters. The van der Waals surface area contributed by atoms with Gasteiger partial charge in [-0.15, -0.1) is 0 Å². The van der Waals surface area contributed by atoms with Gasteiger partial charge in [-0.2, -0.15) is 0 Å². The Morgan fingerprint density at radius 2 is 1.48 bits per heavy atom. The first-order chi connectivity index (χ1) is 9.92. The highest BCUT2D eigenvalue weighted by atomic mass is 16.6. The molecule has 0 saturated heterocycles. The molecular formula is C17H28O4. The number of carbonyl (C=O) groups is 2. The Hall–Kier alpha value is -1.58. The third-order valence-corrected chi connectivity index (χ3v) is 2.94. The molecule has 0 spiro atoms. The molecule has 0 aromatic heterocycles. The van der Waals surface area contributed by atoms with E-state index in [4.69, 9.17) is 9.47 Å². The van der Waals surface area contributed by atoms with Crippen molar-refractivity contribution in [3.63, 3.8) is 0 Å². The summed E-state index contributed by atoms with van der Waals surface area (Å²) in [5.41, 5.74) is 2.45. The van der Waals surface area contributed by atoms with Crippen LogP contribution < -0.4 is 0 Å². The summed E-state index contributed by atoms with van der Waals surface area (Å²) < 4.78 is 9.88. The van der Waals surface area contributed by atoms with Crippen LogP contribution in [0.1, 0.15) is 53.9 Å². The second-order valence-corrected chi connectivity index (χ2v) is 5.16. The molecule has 0 aromatic rings. The molecule has 21 heavy (non-hydrogen) atoms. The molecule has 0 amide bonds. The van der Waals surface area contributed by atoms with Crippen molar-refractivity contribution in [3.05, 3.63) is 23.3 Å². The third kappa shape index (κ3) is 9.05. The lowest BCUT2D eigenvalue weighted by Gasteiger charge is -2.13. The molecule has 0 heterocycles. The van der Waals surface area contributed by atoms with Crippen molar-refractivity contribution in [1.82, 2.24) is 0 Å². The molecule has 0 fully saturated rings. The Morgan fingerprint density at radius 3 is 1.90 bits per heavy atom. The van der Waals surface area contributed by atoms with E-state index in [-0.39, 0.29) is 13.2 Å². The SMILES string of the molecule is CCOC(=O)C(C/C=C(/C)CCC=C(C)C)C(=O)OCC. The van der Waals surface area contributed by atoms with Gasteiger partial charge in [0.2, 0.25) is 0 Å². The summed E-state index contributed by atoms with van der Waals surface area (Å²) in [6, 6.07) is 0. The Balaban J connectivity index is 4.61. The molecule has 4 nitrogen and oxygen atoms in total. The van der Waals surface area contributed by atoms with E-state index in [0.29, 0.717) is 6.42 Å². The smallest absolute Gasteiger partial charge is 0.320 e. The maximum Gasteiger partial charge on any atom is 0.320 e. The molecule has 0 saturated carbocycles. The topological polar surface area (TPSA) is 52.6 Å². The van der Waals surface area contributed by atoms with Crippen LogP contribution in [-0.4, -0.2) is 25.2 Å². The number of hydrogen-bond acceptors (Lipinski definition) is 4. The molecule has 0 aromatic carbocycles. The Kier molecular flexibility index (Phi) is 10.3. The normalized spacial score (nSPS) is 11.2. The quantitative estimate of drug-likeness (QED) is 0.369. The fourth-order valence-corrected chi connectivity index (χ4v) is 1.78. The summed E-state index contributed by atoms with van der Waals surface area (Å²) in [5, 5.41) is 0. The lowest BCUT2D eigenvalue weighted by molar-refractivity contribution is -0.161. The van der Waals surface area contributed by atoms with Gasteiger partial charge >= 0.3 is 11.9 Å². The molecule has 0 N–H and O–H groups in total. The molecule has 0 aliphatic rings. The minimum absolute atomic E-state index is 0.262. The Bertz CT molecular complexity index is 372. The summed E-state index contributed by atoms with van der Waals surface area (Å²) in [6.07, 6.45) is 6.32. The molecule has 0 aliphatic carbocycles. The van der Waals surface area contributed by atoms with Crippen LogP contribution in [0.2, 0.25) is 0 Å². The van der Waals surface area contributed by atoms with E-state index in [0.717, 1.165) is 18.4 Å². The van der Waals surface area contributed by atoms with Gasteiger partial charge in [0.15, 0.2) is 5.92 Å². The van der Waals surface area contributed by atoms with Crippen molar-refractivity contribution >= 4 is 11.9 Å². The number of ether oxygens (including phenoxy) is 2. The minimum Gasteiger partial charge on any atom is -0.465 e. The fraction of sp³-hybridized carbons (Fsp3) is 0.647. The minimum atomic E-state index is -0.858. The van der Waals surface area contributed by atoms with Gasteiger partial charge in [-0.3, -0.25) is 9.59 Å². The van der Waals surface area contributed by atoms with E-state index in [1.807, 2.05) is 13.0 Å². The van der Waals surface area contributed by atoms with Gasteiger partial charge < -0.3 is 9.47 Å².